The number of benzene rings is 1. The first kappa shape index (κ1) is 11.7. The molecule has 0 aliphatic heterocycles. The van der Waals surface area contributed by atoms with Crippen molar-refractivity contribution in [3.8, 4) is 11.8 Å². The van der Waals surface area contributed by atoms with Crippen LogP contribution in [0.15, 0.2) is 18.2 Å². The number of halogens is 1. The van der Waals surface area contributed by atoms with Crippen LogP contribution >= 0.6 is 0 Å². The Morgan fingerprint density at radius 2 is 2.27 bits per heavy atom. The van der Waals surface area contributed by atoms with E-state index >= 15 is 0 Å². The standard InChI is InChI=1S/C12H15FN2/c1-3-4-8-11(15-14)10-7-5-6-9(2)12(10)13/h5-7,11,15H,8,14H2,1-2H3. The van der Waals surface area contributed by atoms with Gasteiger partial charge in [-0.25, -0.2) is 4.39 Å². The Morgan fingerprint density at radius 3 is 2.87 bits per heavy atom. The summed E-state index contributed by atoms with van der Waals surface area (Å²) < 4.78 is 13.7. The first-order chi connectivity index (χ1) is 7.20. The summed E-state index contributed by atoms with van der Waals surface area (Å²) in [6.45, 7) is 3.48. The van der Waals surface area contributed by atoms with Gasteiger partial charge in [0, 0.05) is 12.0 Å². The van der Waals surface area contributed by atoms with Gasteiger partial charge in [0.15, 0.2) is 0 Å². The molecule has 2 nitrogen and oxygen atoms in total. The van der Waals surface area contributed by atoms with Gasteiger partial charge in [-0.05, 0) is 19.4 Å². The first-order valence-electron chi connectivity index (χ1n) is 4.81. The summed E-state index contributed by atoms with van der Waals surface area (Å²) in [6, 6.07) is 5.02. The Morgan fingerprint density at radius 1 is 1.53 bits per heavy atom. The maximum atomic E-state index is 13.7. The number of rotatable bonds is 3. The van der Waals surface area contributed by atoms with Gasteiger partial charge in [-0.2, -0.15) is 0 Å². The van der Waals surface area contributed by atoms with E-state index < -0.39 is 0 Å². The van der Waals surface area contributed by atoms with Crippen LogP contribution in [0.4, 0.5) is 4.39 Å². The van der Waals surface area contributed by atoms with Crippen molar-refractivity contribution in [2.75, 3.05) is 0 Å². The quantitative estimate of drug-likeness (QED) is 0.451. The van der Waals surface area contributed by atoms with E-state index in [-0.39, 0.29) is 11.9 Å². The summed E-state index contributed by atoms with van der Waals surface area (Å²) in [7, 11) is 0. The van der Waals surface area contributed by atoms with Gasteiger partial charge in [0.25, 0.3) is 0 Å². The van der Waals surface area contributed by atoms with Crippen LogP contribution < -0.4 is 11.3 Å². The molecule has 0 spiro atoms. The predicted octanol–water partition coefficient (Wildman–Crippen LogP) is 2.05. The van der Waals surface area contributed by atoms with Crippen LogP contribution in [-0.2, 0) is 0 Å². The van der Waals surface area contributed by atoms with Gasteiger partial charge < -0.3 is 0 Å². The minimum atomic E-state index is -0.252. The number of aryl methyl sites for hydroxylation is 1. The van der Waals surface area contributed by atoms with Crippen LogP contribution in [0.5, 0.6) is 0 Å². The van der Waals surface area contributed by atoms with Gasteiger partial charge in [0.2, 0.25) is 0 Å². The molecule has 15 heavy (non-hydrogen) atoms. The lowest BCUT2D eigenvalue weighted by Gasteiger charge is -2.15. The lowest BCUT2D eigenvalue weighted by atomic mass is 10.0. The van der Waals surface area contributed by atoms with Crippen LogP contribution in [0.3, 0.4) is 0 Å². The number of nitrogens with two attached hydrogens (primary N) is 1. The van der Waals surface area contributed by atoms with E-state index in [9.17, 15) is 4.39 Å². The molecule has 80 valence electrons. The van der Waals surface area contributed by atoms with Crippen LogP contribution in [0.25, 0.3) is 0 Å². The molecule has 1 unspecified atom stereocenters. The minimum absolute atomic E-state index is 0.210. The zero-order chi connectivity index (χ0) is 11.3. The van der Waals surface area contributed by atoms with Gasteiger partial charge in [-0.1, -0.05) is 18.2 Å². The lowest BCUT2D eigenvalue weighted by molar-refractivity contribution is 0.517. The summed E-state index contributed by atoms with van der Waals surface area (Å²) in [5, 5.41) is 0. The van der Waals surface area contributed by atoms with Crippen molar-refractivity contribution in [2.24, 2.45) is 5.84 Å². The van der Waals surface area contributed by atoms with E-state index in [0.717, 1.165) is 0 Å². The molecule has 1 atom stereocenters. The van der Waals surface area contributed by atoms with Crippen molar-refractivity contribution in [3.63, 3.8) is 0 Å². The van der Waals surface area contributed by atoms with E-state index in [4.69, 9.17) is 5.84 Å². The highest BCUT2D eigenvalue weighted by Crippen LogP contribution is 2.21. The Hall–Kier alpha value is -1.37. The molecule has 0 aliphatic rings. The van der Waals surface area contributed by atoms with E-state index in [1.807, 2.05) is 6.07 Å². The fourth-order valence-electron chi connectivity index (χ4n) is 1.40. The third kappa shape index (κ3) is 2.79. The fraction of sp³-hybridized carbons (Fsp3) is 0.333. The van der Waals surface area contributed by atoms with Crippen LogP contribution in [0.1, 0.15) is 30.5 Å². The van der Waals surface area contributed by atoms with Crippen molar-refractivity contribution < 1.29 is 4.39 Å². The van der Waals surface area contributed by atoms with E-state index in [1.54, 1.807) is 26.0 Å². The maximum absolute atomic E-state index is 13.7. The number of hydrazine groups is 1. The number of hydrogen-bond acceptors (Lipinski definition) is 2. The van der Waals surface area contributed by atoms with E-state index in [2.05, 4.69) is 17.3 Å². The average molecular weight is 206 g/mol. The highest BCUT2D eigenvalue weighted by atomic mass is 19.1. The zero-order valence-corrected chi connectivity index (χ0v) is 8.97. The molecule has 3 N–H and O–H groups in total. The van der Waals surface area contributed by atoms with E-state index in [1.165, 1.54) is 0 Å². The van der Waals surface area contributed by atoms with Crippen molar-refractivity contribution >= 4 is 0 Å². The molecular weight excluding hydrogens is 191 g/mol. The van der Waals surface area contributed by atoms with Crippen molar-refractivity contribution in [1.29, 1.82) is 0 Å². The van der Waals surface area contributed by atoms with Gasteiger partial charge in [-0.3, -0.25) is 11.3 Å². The summed E-state index contributed by atoms with van der Waals surface area (Å²) >= 11 is 0. The molecule has 0 bridgehead atoms. The van der Waals surface area contributed by atoms with Crippen LogP contribution in [0.2, 0.25) is 0 Å². The Labute approximate surface area is 89.6 Å². The molecule has 0 saturated heterocycles. The van der Waals surface area contributed by atoms with Crippen molar-refractivity contribution in [2.45, 2.75) is 26.3 Å². The Bertz CT molecular complexity index is 390. The third-order valence-electron chi connectivity index (χ3n) is 2.28. The number of hydrogen-bond donors (Lipinski definition) is 2. The van der Waals surface area contributed by atoms with Gasteiger partial charge >= 0.3 is 0 Å². The largest absolute Gasteiger partial charge is 0.271 e. The van der Waals surface area contributed by atoms with Crippen LogP contribution in [0, 0.1) is 24.6 Å². The molecule has 1 aromatic carbocycles. The monoisotopic (exact) mass is 206 g/mol. The smallest absolute Gasteiger partial charge is 0.130 e. The summed E-state index contributed by atoms with van der Waals surface area (Å²) in [5.41, 5.74) is 3.77. The van der Waals surface area contributed by atoms with E-state index in [0.29, 0.717) is 17.5 Å². The molecule has 1 rings (SSSR count). The molecule has 3 heteroatoms. The summed E-state index contributed by atoms with van der Waals surface area (Å²) in [5.74, 6) is 10.8. The first-order valence-corrected chi connectivity index (χ1v) is 4.81. The topological polar surface area (TPSA) is 38.0 Å². The van der Waals surface area contributed by atoms with Crippen LogP contribution in [-0.4, -0.2) is 0 Å². The molecule has 0 heterocycles. The van der Waals surface area contributed by atoms with Gasteiger partial charge in [-0.15, -0.1) is 11.8 Å². The second-order valence-corrected chi connectivity index (χ2v) is 3.33. The predicted molar refractivity (Wildman–Crippen MR) is 59.3 cm³/mol. The molecule has 0 aliphatic carbocycles. The molecule has 0 radical (unpaired) electrons. The minimum Gasteiger partial charge on any atom is -0.271 e. The second kappa shape index (κ2) is 5.50. The fourth-order valence-corrected chi connectivity index (χ4v) is 1.40. The average Bonchev–Trinajstić information content (AvgIpc) is 2.25. The molecule has 0 saturated carbocycles. The maximum Gasteiger partial charge on any atom is 0.130 e. The number of nitrogens with one attached hydrogen (secondary N) is 1. The molecule has 0 fully saturated rings. The summed E-state index contributed by atoms with van der Waals surface area (Å²) in [6.07, 6.45) is 0.507. The third-order valence-corrected chi connectivity index (χ3v) is 2.28. The molecule has 0 aromatic heterocycles. The summed E-state index contributed by atoms with van der Waals surface area (Å²) in [4.78, 5) is 0. The van der Waals surface area contributed by atoms with Gasteiger partial charge in [0.05, 0.1) is 6.04 Å². The van der Waals surface area contributed by atoms with Crippen molar-refractivity contribution in [1.82, 2.24) is 5.43 Å². The van der Waals surface area contributed by atoms with Crippen molar-refractivity contribution in [3.05, 3.63) is 35.1 Å². The lowest BCUT2D eigenvalue weighted by Crippen LogP contribution is -2.28. The highest BCUT2D eigenvalue weighted by Gasteiger charge is 2.14. The highest BCUT2D eigenvalue weighted by molar-refractivity contribution is 5.28. The zero-order valence-electron chi connectivity index (χ0n) is 8.97. The SMILES string of the molecule is CC#CCC(NN)c1cccc(C)c1F. The Kier molecular flexibility index (Phi) is 4.29. The van der Waals surface area contributed by atoms with Gasteiger partial charge in [0.1, 0.15) is 5.82 Å². The molecule has 1 aromatic rings. The normalized spacial score (nSPS) is 11.7. The second-order valence-electron chi connectivity index (χ2n) is 3.33. The Balaban J connectivity index is 2.99. The molecular formula is C12H15FN2. The molecule has 0 amide bonds.